The van der Waals surface area contributed by atoms with Crippen LogP contribution in [0.5, 0.6) is 0 Å². The fourth-order valence-corrected chi connectivity index (χ4v) is 8.20. The third-order valence-electron chi connectivity index (χ3n) is 11.0. The molecule has 0 radical (unpaired) electrons. The van der Waals surface area contributed by atoms with Crippen LogP contribution < -0.4 is 16.6 Å². The molecule has 2 aromatic carbocycles. The molecule has 3 aliphatic rings. The minimum absolute atomic E-state index is 0.0921. The number of allylic oxidation sites excluding steroid dienone is 4. The number of hydrogen-bond donors (Lipinski definition) is 1. The lowest BCUT2D eigenvalue weighted by Gasteiger charge is -2.30. The molecular formula is C42H46FN7O3. The maximum Gasteiger partial charge on any atom is 0.337 e. The van der Waals surface area contributed by atoms with Gasteiger partial charge in [0.05, 0.1) is 35.8 Å². The number of ether oxygens (including phenoxy) is 1. The Labute approximate surface area is 308 Å². The maximum absolute atomic E-state index is 14.6. The van der Waals surface area contributed by atoms with E-state index >= 15 is 0 Å². The second kappa shape index (κ2) is 15.6. The summed E-state index contributed by atoms with van der Waals surface area (Å²) in [6, 6.07) is 17.3. The monoisotopic (exact) mass is 715 g/mol. The highest BCUT2D eigenvalue weighted by Gasteiger charge is 2.28. The zero-order valence-electron chi connectivity index (χ0n) is 30.2. The second-order valence-corrected chi connectivity index (χ2v) is 14.5. The number of fused-ring (bicyclic) bond motifs is 1. The van der Waals surface area contributed by atoms with Crippen molar-refractivity contribution < 1.29 is 9.13 Å². The van der Waals surface area contributed by atoms with Gasteiger partial charge < -0.3 is 10.1 Å². The molecule has 5 aromatic rings. The number of halogens is 1. The van der Waals surface area contributed by atoms with Gasteiger partial charge in [-0.2, -0.15) is 5.10 Å². The average Bonchev–Trinajstić information content (AvgIpc) is 3.36. The lowest BCUT2D eigenvalue weighted by Crippen LogP contribution is -2.44. The van der Waals surface area contributed by atoms with Gasteiger partial charge in [0.2, 0.25) is 0 Å². The van der Waals surface area contributed by atoms with Gasteiger partial charge in [-0.15, -0.1) is 0 Å². The number of rotatable bonds is 9. The van der Waals surface area contributed by atoms with E-state index in [1.165, 1.54) is 37.6 Å². The number of aromatic nitrogens is 5. The van der Waals surface area contributed by atoms with Gasteiger partial charge in [-0.3, -0.25) is 18.9 Å². The van der Waals surface area contributed by atoms with E-state index < -0.39 is 17.1 Å². The van der Waals surface area contributed by atoms with Crippen molar-refractivity contribution in [3.63, 3.8) is 0 Å². The van der Waals surface area contributed by atoms with Gasteiger partial charge in [0.25, 0.3) is 5.56 Å². The minimum atomic E-state index is -0.615. The van der Waals surface area contributed by atoms with Gasteiger partial charge in [-0.1, -0.05) is 54.6 Å². The first kappa shape index (κ1) is 35.1. The van der Waals surface area contributed by atoms with E-state index in [0.29, 0.717) is 25.1 Å². The molecule has 8 rings (SSSR count). The van der Waals surface area contributed by atoms with Gasteiger partial charge in [0.1, 0.15) is 5.82 Å². The molecule has 0 spiro atoms. The Bertz CT molecular complexity index is 2270. The number of hydrogen-bond acceptors (Lipinski definition) is 7. The van der Waals surface area contributed by atoms with E-state index in [4.69, 9.17) is 4.74 Å². The summed E-state index contributed by atoms with van der Waals surface area (Å²) in [7, 11) is 1.99. The van der Waals surface area contributed by atoms with Crippen LogP contribution in [0.4, 0.5) is 4.39 Å². The number of nitrogens with one attached hydrogen (secondary N) is 1. The molecule has 2 fully saturated rings. The Morgan fingerprint density at radius 2 is 1.81 bits per heavy atom. The van der Waals surface area contributed by atoms with Crippen LogP contribution in [0.15, 0.2) is 94.8 Å². The molecule has 1 saturated carbocycles. The lowest BCUT2D eigenvalue weighted by atomic mass is 9.90. The molecule has 0 unspecified atom stereocenters. The summed E-state index contributed by atoms with van der Waals surface area (Å²) in [5, 5.41) is 8.35. The molecule has 274 valence electrons. The highest BCUT2D eigenvalue weighted by Crippen LogP contribution is 2.30. The number of benzene rings is 2. The van der Waals surface area contributed by atoms with Gasteiger partial charge in [-0.25, -0.2) is 18.7 Å². The average molecular weight is 716 g/mol. The number of pyridine rings is 1. The molecule has 4 heterocycles. The summed E-state index contributed by atoms with van der Waals surface area (Å²) in [6.07, 6.45) is 15.4. The molecule has 0 bridgehead atoms. The summed E-state index contributed by atoms with van der Waals surface area (Å²) in [6.45, 7) is 5.09. The molecule has 0 atom stereocenters. The van der Waals surface area contributed by atoms with E-state index in [1.807, 2.05) is 42.2 Å². The van der Waals surface area contributed by atoms with Crippen molar-refractivity contribution in [2.45, 2.75) is 70.1 Å². The Morgan fingerprint density at radius 1 is 0.962 bits per heavy atom. The van der Waals surface area contributed by atoms with E-state index in [1.54, 1.807) is 0 Å². The summed E-state index contributed by atoms with van der Waals surface area (Å²) < 4.78 is 25.0. The van der Waals surface area contributed by atoms with Crippen LogP contribution in [0, 0.1) is 5.82 Å². The number of nitrogens with zero attached hydrogens (tertiary/aromatic N) is 6. The van der Waals surface area contributed by atoms with E-state index in [0.717, 1.165) is 82.3 Å². The first-order chi connectivity index (χ1) is 25.9. The zero-order chi connectivity index (χ0) is 36.3. The lowest BCUT2D eigenvalue weighted by molar-refractivity contribution is 0.140. The molecule has 10 nitrogen and oxygen atoms in total. The van der Waals surface area contributed by atoms with Crippen molar-refractivity contribution in [2.24, 2.45) is 7.05 Å². The third kappa shape index (κ3) is 7.46. The van der Waals surface area contributed by atoms with Gasteiger partial charge in [-0.05, 0) is 85.4 Å². The quantitative estimate of drug-likeness (QED) is 0.191. The SMILES string of the molecule is Cn1ncc(CNC2CCC(n3c(=O)c4cc(F)cnc4n(-c4cccc(-c5ccc(CN6CCCOCC6)cc5)c4)c3=O)CC2)c1C1=CC=CCC1. The Kier molecular flexibility index (Phi) is 10.3. The van der Waals surface area contributed by atoms with Crippen LogP contribution in [0.2, 0.25) is 0 Å². The van der Waals surface area contributed by atoms with Crippen LogP contribution in [0.25, 0.3) is 33.4 Å². The Hall–Kier alpha value is -4.97. The predicted octanol–water partition coefficient (Wildman–Crippen LogP) is 6.32. The molecule has 11 heteroatoms. The number of aryl methyl sites for hydroxylation is 1. The first-order valence-corrected chi connectivity index (χ1v) is 18.9. The fraction of sp³-hybridized carbons (Fsp3) is 0.381. The highest BCUT2D eigenvalue weighted by molar-refractivity contribution is 5.76. The minimum Gasteiger partial charge on any atom is -0.380 e. The molecule has 1 N–H and O–H groups in total. The van der Waals surface area contributed by atoms with Crippen molar-refractivity contribution in [1.29, 1.82) is 0 Å². The topological polar surface area (TPSA) is 99.2 Å². The van der Waals surface area contributed by atoms with E-state index in [2.05, 4.69) is 62.8 Å². The normalized spacial score (nSPS) is 19.7. The van der Waals surface area contributed by atoms with Crippen LogP contribution in [0.1, 0.15) is 67.8 Å². The molecule has 1 saturated heterocycles. The molecule has 53 heavy (non-hydrogen) atoms. The van der Waals surface area contributed by atoms with Crippen molar-refractivity contribution in [2.75, 3.05) is 26.3 Å². The highest BCUT2D eigenvalue weighted by atomic mass is 19.1. The van der Waals surface area contributed by atoms with E-state index in [9.17, 15) is 14.0 Å². The van der Waals surface area contributed by atoms with E-state index in [-0.39, 0.29) is 23.1 Å². The fourth-order valence-electron chi connectivity index (χ4n) is 8.20. The van der Waals surface area contributed by atoms with Gasteiger partial charge >= 0.3 is 5.69 Å². The summed E-state index contributed by atoms with van der Waals surface area (Å²) in [5.41, 5.74) is 6.57. The van der Waals surface area contributed by atoms with Gasteiger partial charge in [0, 0.05) is 57.5 Å². The molecular weight excluding hydrogens is 670 g/mol. The van der Waals surface area contributed by atoms with Crippen molar-refractivity contribution >= 4 is 16.6 Å². The molecule has 0 amide bonds. The summed E-state index contributed by atoms with van der Waals surface area (Å²) in [4.78, 5) is 35.1. The zero-order valence-corrected chi connectivity index (χ0v) is 30.2. The molecule has 3 aromatic heterocycles. The van der Waals surface area contributed by atoms with Gasteiger partial charge in [0.15, 0.2) is 5.65 Å². The molecule has 1 aliphatic heterocycles. The molecule has 2 aliphatic carbocycles. The van der Waals surface area contributed by atoms with Crippen LogP contribution in [-0.4, -0.2) is 61.1 Å². The van der Waals surface area contributed by atoms with Crippen molar-refractivity contribution in [3.05, 3.63) is 129 Å². The second-order valence-electron chi connectivity index (χ2n) is 14.5. The van der Waals surface area contributed by atoms with Crippen molar-refractivity contribution in [1.82, 2.24) is 34.1 Å². The van der Waals surface area contributed by atoms with Crippen LogP contribution in [-0.2, 0) is 24.9 Å². The summed E-state index contributed by atoms with van der Waals surface area (Å²) in [5.74, 6) is -0.615. The third-order valence-corrected chi connectivity index (χ3v) is 11.0. The smallest absolute Gasteiger partial charge is 0.337 e. The standard InChI is InChI=1S/C42H46FN7O3/c1-47-39(31-7-3-2-4-8-31)33(26-46-47)25-44-35-15-17-36(18-16-35)50-41(51)38-24-34(43)27-45-40(38)49(42(50)52)37-10-5-9-32(23-37)30-13-11-29(12-14-30)28-48-19-6-21-53-22-20-48/h2-3,5,7,9-14,23-24,26-27,35-36,44H,4,6,8,15-22,25,28H2,1H3. The Balaban J connectivity index is 1.03. The van der Waals surface area contributed by atoms with Crippen LogP contribution in [0.3, 0.4) is 0 Å². The largest absolute Gasteiger partial charge is 0.380 e. The first-order valence-electron chi connectivity index (χ1n) is 18.9. The maximum atomic E-state index is 14.6. The summed E-state index contributed by atoms with van der Waals surface area (Å²) >= 11 is 0. The van der Waals surface area contributed by atoms with Crippen LogP contribution >= 0.6 is 0 Å². The van der Waals surface area contributed by atoms with Crippen molar-refractivity contribution in [3.8, 4) is 16.8 Å². The Morgan fingerprint density at radius 3 is 2.62 bits per heavy atom. The predicted molar refractivity (Wildman–Crippen MR) is 205 cm³/mol.